The van der Waals surface area contributed by atoms with E-state index in [1.807, 2.05) is 24.3 Å². The van der Waals surface area contributed by atoms with Crippen molar-refractivity contribution in [3.63, 3.8) is 0 Å². The summed E-state index contributed by atoms with van der Waals surface area (Å²) in [6.45, 7) is 2.61. The summed E-state index contributed by atoms with van der Waals surface area (Å²) >= 11 is 0. The van der Waals surface area contributed by atoms with Gasteiger partial charge in [0.2, 0.25) is 5.91 Å². The van der Waals surface area contributed by atoms with Crippen molar-refractivity contribution >= 4 is 18.3 Å². The third-order valence-corrected chi connectivity index (χ3v) is 3.77. The fourth-order valence-corrected chi connectivity index (χ4v) is 2.27. The summed E-state index contributed by atoms with van der Waals surface area (Å²) in [4.78, 5) is 12.2. The van der Waals surface area contributed by atoms with Crippen molar-refractivity contribution in [2.24, 2.45) is 5.73 Å². The number of ether oxygens (including phenoxy) is 3. The van der Waals surface area contributed by atoms with E-state index in [2.05, 4.69) is 5.32 Å². The molecule has 1 fully saturated rings. The number of benzene rings is 1. The Labute approximate surface area is 143 Å². The van der Waals surface area contributed by atoms with Gasteiger partial charge in [-0.05, 0) is 30.5 Å². The van der Waals surface area contributed by atoms with Crippen LogP contribution in [0.4, 0.5) is 0 Å². The molecule has 0 aromatic heterocycles. The van der Waals surface area contributed by atoms with E-state index in [0.717, 1.165) is 11.3 Å². The lowest BCUT2D eigenvalue weighted by Gasteiger charge is -2.31. The highest BCUT2D eigenvalue weighted by Gasteiger charge is 2.35. The van der Waals surface area contributed by atoms with Gasteiger partial charge in [0, 0.05) is 26.9 Å². The van der Waals surface area contributed by atoms with Gasteiger partial charge in [-0.3, -0.25) is 4.79 Å². The van der Waals surface area contributed by atoms with E-state index in [1.165, 1.54) is 0 Å². The normalized spacial score (nSPS) is 16.3. The highest BCUT2D eigenvalue weighted by Crippen LogP contribution is 2.18. The van der Waals surface area contributed by atoms with Crippen LogP contribution in [0.1, 0.15) is 18.4 Å². The van der Waals surface area contributed by atoms with Crippen molar-refractivity contribution in [1.82, 2.24) is 5.32 Å². The number of hydrogen-bond donors (Lipinski definition) is 2. The lowest BCUT2D eigenvalue weighted by molar-refractivity contribution is -0.129. The van der Waals surface area contributed by atoms with Crippen LogP contribution in [0, 0.1) is 0 Å². The maximum absolute atomic E-state index is 12.2. The number of halogens is 1. The van der Waals surface area contributed by atoms with E-state index in [9.17, 15) is 4.79 Å². The first-order valence-corrected chi connectivity index (χ1v) is 7.50. The van der Waals surface area contributed by atoms with E-state index in [-0.39, 0.29) is 18.3 Å². The highest BCUT2D eigenvalue weighted by atomic mass is 35.5. The van der Waals surface area contributed by atoms with Crippen molar-refractivity contribution in [3.05, 3.63) is 29.8 Å². The quantitative estimate of drug-likeness (QED) is 0.728. The second-order valence-electron chi connectivity index (χ2n) is 5.44. The molecule has 6 nitrogen and oxygen atoms in total. The molecule has 0 saturated carbocycles. The second-order valence-corrected chi connectivity index (χ2v) is 5.44. The Kier molecular flexibility index (Phi) is 8.33. The van der Waals surface area contributed by atoms with Crippen LogP contribution in [-0.2, 0) is 20.8 Å². The SMILES string of the molecule is COCCOc1ccc(CNC(=O)C2(N)CCOCC2)cc1.Cl. The molecule has 0 aliphatic carbocycles. The Bertz CT molecular complexity index is 475. The molecule has 0 atom stereocenters. The standard InChI is InChI=1S/C16H24N2O4.ClH/c1-20-10-11-22-14-4-2-13(3-5-14)12-18-15(19)16(17)6-8-21-9-7-16;/h2-5H,6-12,17H2,1H3,(H,18,19);1H. The number of nitrogens with one attached hydrogen (secondary N) is 1. The van der Waals surface area contributed by atoms with Crippen LogP contribution in [0.2, 0.25) is 0 Å². The molecule has 1 aromatic rings. The minimum absolute atomic E-state index is 0. The lowest BCUT2D eigenvalue weighted by atomic mass is 9.90. The molecule has 0 unspecified atom stereocenters. The molecule has 1 aliphatic heterocycles. The molecular weight excluding hydrogens is 320 g/mol. The van der Waals surface area contributed by atoms with Crippen molar-refractivity contribution < 1.29 is 19.0 Å². The number of nitrogens with two attached hydrogens (primary N) is 1. The summed E-state index contributed by atoms with van der Waals surface area (Å²) in [5, 5.41) is 2.90. The highest BCUT2D eigenvalue weighted by molar-refractivity contribution is 5.86. The second kappa shape index (κ2) is 9.72. The van der Waals surface area contributed by atoms with Gasteiger partial charge < -0.3 is 25.3 Å². The minimum atomic E-state index is -0.804. The van der Waals surface area contributed by atoms with Gasteiger partial charge >= 0.3 is 0 Å². The molecule has 130 valence electrons. The molecule has 0 spiro atoms. The molecule has 1 amide bonds. The molecular formula is C16H25ClN2O4. The summed E-state index contributed by atoms with van der Waals surface area (Å²) in [7, 11) is 1.64. The predicted molar refractivity (Wildman–Crippen MR) is 89.9 cm³/mol. The monoisotopic (exact) mass is 344 g/mol. The molecule has 23 heavy (non-hydrogen) atoms. The van der Waals surface area contributed by atoms with Crippen LogP contribution in [0.3, 0.4) is 0 Å². The van der Waals surface area contributed by atoms with Crippen LogP contribution in [0.5, 0.6) is 5.75 Å². The van der Waals surface area contributed by atoms with E-state index < -0.39 is 5.54 Å². The lowest BCUT2D eigenvalue weighted by Crippen LogP contribution is -2.56. The number of methoxy groups -OCH3 is 1. The number of amides is 1. The fraction of sp³-hybridized carbons (Fsp3) is 0.562. The molecule has 3 N–H and O–H groups in total. The number of carbonyl (C=O) groups is 1. The van der Waals surface area contributed by atoms with E-state index in [0.29, 0.717) is 45.8 Å². The number of carbonyl (C=O) groups excluding carboxylic acids is 1. The van der Waals surface area contributed by atoms with Crippen LogP contribution in [-0.4, -0.2) is 45.0 Å². The summed E-state index contributed by atoms with van der Waals surface area (Å²) < 4.78 is 15.7. The van der Waals surface area contributed by atoms with Gasteiger partial charge in [0.25, 0.3) is 0 Å². The molecule has 1 saturated heterocycles. The van der Waals surface area contributed by atoms with Crippen LogP contribution < -0.4 is 15.8 Å². The van der Waals surface area contributed by atoms with Crippen LogP contribution in [0.15, 0.2) is 24.3 Å². The molecule has 7 heteroatoms. The van der Waals surface area contributed by atoms with E-state index in [4.69, 9.17) is 19.9 Å². The molecule has 1 heterocycles. The average molecular weight is 345 g/mol. The molecule has 0 radical (unpaired) electrons. The molecule has 2 rings (SSSR count). The van der Waals surface area contributed by atoms with Gasteiger partial charge in [-0.25, -0.2) is 0 Å². The van der Waals surface area contributed by atoms with Gasteiger partial charge in [-0.2, -0.15) is 0 Å². The van der Waals surface area contributed by atoms with Crippen molar-refractivity contribution in [1.29, 1.82) is 0 Å². The topological polar surface area (TPSA) is 82.8 Å². The summed E-state index contributed by atoms with van der Waals surface area (Å²) in [6, 6.07) is 7.61. The number of rotatable bonds is 7. The van der Waals surface area contributed by atoms with Gasteiger partial charge in [-0.1, -0.05) is 12.1 Å². The smallest absolute Gasteiger partial charge is 0.240 e. The zero-order valence-corrected chi connectivity index (χ0v) is 14.2. The van der Waals surface area contributed by atoms with Gasteiger partial charge in [0.05, 0.1) is 12.1 Å². The third-order valence-electron chi connectivity index (χ3n) is 3.77. The zero-order valence-electron chi connectivity index (χ0n) is 13.4. The van der Waals surface area contributed by atoms with Gasteiger partial charge in [0.15, 0.2) is 0 Å². The number of hydrogen-bond acceptors (Lipinski definition) is 5. The Hall–Kier alpha value is -1.34. The molecule has 1 aromatic carbocycles. The minimum Gasteiger partial charge on any atom is -0.491 e. The fourth-order valence-electron chi connectivity index (χ4n) is 2.27. The molecule has 1 aliphatic rings. The van der Waals surface area contributed by atoms with Crippen molar-refractivity contribution in [2.75, 3.05) is 33.5 Å². The summed E-state index contributed by atoms with van der Waals surface area (Å²) in [6.07, 6.45) is 1.12. The summed E-state index contributed by atoms with van der Waals surface area (Å²) in [5.74, 6) is 0.670. The van der Waals surface area contributed by atoms with Crippen molar-refractivity contribution in [3.8, 4) is 5.75 Å². The first-order valence-electron chi connectivity index (χ1n) is 7.50. The zero-order chi connectivity index (χ0) is 15.8. The first kappa shape index (κ1) is 19.7. The van der Waals surface area contributed by atoms with E-state index in [1.54, 1.807) is 7.11 Å². The maximum Gasteiger partial charge on any atom is 0.240 e. The van der Waals surface area contributed by atoms with Gasteiger partial charge in [0.1, 0.15) is 12.4 Å². The average Bonchev–Trinajstić information content (AvgIpc) is 2.55. The maximum atomic E-state index is 12.2. The van der Waals surface area contributed by atoms with Crippen LogP contribution in [0.25, 0.3) is 0 Å². The van der Waals surface area contributed by atoms with Crippen molar-refractivity contribution in [2.45, 2.75) is 24.9 Å². The van der Waals surface area contributed by atoms with E-state index >= 15 is 0 Å². The van der Waals surface area contributed by atoms with Crippen LogP contribution >= 0.6 is 12.4 Å². The predicted octanol–water partition coefficient (Wildman–Crippen LogP) is 1.26. The van der Waals surface area contributed by atoms with Gasteiger partial charge in [-0.15, -0.1) is 12.4 Å². The summed E-state index contributed by atoms with van der Waals surface area (Å²) in [5.41, 5.74) is 6.33. The Balaban J connectivity index is 0.00000264. The molecule has 0 bridgehead atoms. The Morgan fingerprint density at radius 1 is 1.26 bits per heavy atom. The largest absolute Gasteiger partial charge is 0.491 e. The third kappa shape index (κ3) is 5.99. The Morgan fingerprint density at radius 2 is 1.91 bits per heavy atom. The Morgan fingerprint density at radius 3 is 2.52 bits per heavy atom. The first-order chi connectivity index (χ1) is 10.6.